The second-order valence-electron chi connectivity index (χ2n) is 4.69. The first-order valence-electron chi connectivity index (χ1n) is 6.81. The summed E-state index contributed by atoms with van der Waals surface area (Å²) in [6.45, 7) is 5.51. The van der Waals surface area contributed by atoms with Gasteiger partial charge in [0.25, 0.3) is 5.91 Å². The normalized spacial score (nSPS) is 10.4. The fraction of sp³-hybridized carbons (Fsp3) is 0.467. The van der Waals surface area contributed by atoms with E-state index in [-0.39, 0.29) is 18.6 Å². The van der Waals surface area contributed by atoms with Gasteiger partial charge in [-0.1, -0.05) is 26.0 Å². The molecule has 1 aromatic carbocycles. The maximum Gasteiger partial charge on any atom is 0.340 e. The van der Waals surface area contributed by atoms with Crippen molar-refractivity contribution in [3.63, 3.8) is 0 Å². The third kappa shape index (κ3) is 4.26. The summed E-state index contributed by atoms with van der Waals surface area (Å²) in [7, 11) is 0. The number of amides is 1. The number of carbonyl (C=O) groups is 2. The van der Waals surface area contributed by atoms with Crippen molar-refractivity contribution < 1.29 is 14.3 Å². The molecule has 0 aromatic heterocycles. The molecule has 0 radical (unpaired) electrons. The van der Waals surface area contributed by atoms with E-state index in [1.807, 2.05) is 26.8 Å². The Hall–Kier alpha value is -2.04. The van der Waals surface area contributed by atoms with E-state index in [0.717, 1.165) is 18.4 Å². The number of hydrogen-bond donors (Lipinski definition) is 2. The molecule has 1 aromatic rings. The van der Waals surface area contributed by atoms with Crippen LogP contribution < -0.4 is 11.1 Å². The lowest BCUT2D eigenvalue weighted by atomic mass is 10.1. The van der Waals surface area contributed by atoms with Crippen LogP contribution in [0.15, 0.2) is 18.2 Å². The molecule has 0 saturated carbocycles. The van der Waals surface area contributed by atoms with Gasteiger partial charge in [0.05, 0.1) is 5.56 Å². The summed E-state index contributed by atoms with van der Waals surface area (Å²) in [6.07, 6.45) is 1.70. The molecule has 20 heavy (non-hydrogen) atoms. The number of nitrogens with one attached hydrogen (secondary N) is 1. The fourth-order valence-corrected chi connectivity index (χ4v) is 1.83. The number of nitrogens with two attached hydrogens (primary N) is 1. The van der Waals surface area contributed by atoms with Gasteiger partial charge in [-0.15, -0.1) is 0 Å². The molecule has 0 aliphatic carbocycles. The minimum atomic E-state index is -0.578. The molecule has 1 amide bonds. The van der Waals surface area contributed by atoms with Gasteiger partial charge >= 0.3 is 5.97 Å². The highest BCUT2D eigenvalue weighted by Gasteiger charge is 2.15. The monoisotopic (exact) mass is 278 g/mol. The molecule has 0 heterocycles. The second-order valence-corrected chi connectivity index (χ2v) is 4.69. The Balaban J connectivity index is 2.55. The summed E-state index contributed by atoms with van der Waals surface area (Å²) in [4.78, 5) is 23.5. The number of aryl methyl sites for hydroxylation is 1. The Morgan fingerprint density at radius 2 is 1.95 bits per heavy atom. The van der Waals surface area contributed by atoms with Gasteiger partial charge in [-0.3, -0.25) is 4.79 Å². The Bertz CT molecular complexity index is 482. The van der Waals surface area contributed by atoms with Crippen LogP contribution in [0.3, 0.4) is 0 Å². The third-order valence-corrected chi connectivity index (χ3v) is 3.23. The largest absolute Gasteiger partial charge is 0.452 e. The molecule has 0 atom stereocenters. The molecule has 3 N–H and O–H groups in total. The van der Waals surface area contributed by atoms with Gasteiger partial charge < -0.3 is 15.8 Å². The summed E-state index contributed by atoms with van der Waals surface area (Å²) in [5.41, 5.74) is 7.30. The fourth-order valence-electron chi connectivity index (χ4n) is 1.83. The Morgan fingerprint density at radius 3 is 2.55 bits per heavy atom. The number of esters is 1. The van der Waals surface area contributed by atoms with Crippen molar-refractivity contribution >= 4 is 17.6 Å². The molecule has 0 unspecified atom stereocenters. The van der Waals surface area contributed by atoms with Crippen LogP contribution in [0.5, 0.6) is 0 Å². The topological polar surface area (TPSA) is 81.4 Å². The van der Waals surface area contributed by atoms with Crippen LogP contribution in [0.2, 0.25) is 0 Å². The zero-order chi connectivity index (χ0) is 15.1. The maximum atomic E-state index is 11.9. The highest BCUT2D eigenvalue weighted by molar-refractivity contribution is 5.96. The van der Waals surface area contributed by atoms with Gasteiger partial charge in [0.1, 0.15) is 0 Å². The summed E-state index contributed by atoms with van der Waals surface area (Å²) >= 11 is 0. The number of benzene rings is 1. The number of nitrogen functional groups attached to an aromatic ring is 1. The van der Waals surface area contributed by atoms with Gasteiger partial charge in [0.15, 0.2) is 6.61 Å². The molecular weight excluding hydrogens is 256 g/mol. The van der Waals surface area contributed by atoms with Gasteiger partial charge in [-0.05, 0) is 31.4 Å². The summed E-state index contributed by atoms with van der Waals surface area (Å²) in [5.74, 6) is -0.871. The van der Waals surface area contributed by atoms with Crippen molar-refractivity contribution in [2.45, 2.75) is 39.7 Å². The Labute approximate surface area is 119 Å². The lowest BCUT2D eigenvalue weighted by Crippen LogP contribution is -2.36. The molecule has 5 heteroatoms. The quantitative estimate of drug-likeness (QED) is 0.616. The predicted octanol–water partition coefficient (Wildman–Crippen LogP) is 2.04. The summed E-state index contributed by atoms with van der Waals surface area (Å²) < 4.78 is 4.98. The van der Waals surface area contributed by atoms with Crippen LogP contribution in [0.25, 0.3) is 0 Å². The molecule has 0 bridgehead atoms. The Kier molecular flexibility index (Phi) is 6.03. The zero-order valence-electron chi connectivity index (χ0n) is 12.2. The van der Waals surface area contributed by atoms with E-state index in [0.29, 0.717) is 11.3 Å². The predicted molar refractivity (Wildman–Crippen MR) is 78.4 cm³/mol. The van der Waals surface area contributed by atoms with E-state index in [1.165, 1.54) is 0 Å². The molecular formula is C15H22N2O3. The van der Waals surface area contributed by atoms with E-state index in [1.54, 1.807) is 12.1 Å². The van der Waals surface area contributed by atoms with Crippen molar-refractivity contribution in [3.05, 3.63) is 29.3 Å². The summed E-state index contributed by atoms with van der Waals surface area (Å²) in [6, 6.07) is 5.24. The van der Waals surface area contributed by atoms with E-state index in [9.17, 15) is 9.59 Å². The molecule has 0 aliphatic heterocycles. The van der Waals surface area contributed by atoms with Crippen LogP contribution >= 0.6 is 0 Å². The molecule has 0 saturated heterocycles. The summed E-state index contributed by atoms with van der Waals surface area (Å²) in [5, 5.41) is 2.80. The standard InChI is InChI=1S/C15H22N2O3/c1-4-11(5-2)17-13(18)9-20-15(19)12-8-6-7-10(3)14(12)16/h6-8,11H,4-5,9,16H2,1-3H3,(H,17,18). The van der Waals surface area contributed by atoms with Crippen molar-refractivity contribution in [2.24, 2.45) is 0 Å². The maximum absolute atomic E-state index is 11.9. The van der Waals surface area contributed by atoms with Crippen LogP contribution in [0.1, 0.15) is 42.6 Å². The van der Waals surface area contributed by atoms with Gasteiger partial charge in [0, 0.05) is 11.7 Å². The van der Waals surface area contributed by atoms with Crippen LogP contribution in [0.4, 0.5) is 5.69 Å². The van der Waals surface area contributed by atoms with E-state index >= 15 is 0 Å². The highest BCUT2D eigenvalue weighted by Crippen LogP contribution is 2.17. The molecule has 1 rings (SSSR count). The molecule has 0 aliphatic rings. The number of anilines is 1. The lowest BCUT2D eigenvalue weighted by Gasteiger charge is -2.14. The van der Waals surface area contributed by atoms with Crippen molar-refractivity contribution in [1.29, 1.82) is 0 Å². The van der Waals surface area contributed by atoms with Gasteiger partial charge in [0.2, 0.25) is 0 Å². The van der Waals surface area contributed by atoms with Crippen LogP contribution in [-0.4, -0.2) is 24.5 Å². The molecule has 0 fully saturated rings. The van der Waals surface area contributed by atoms with Crippen molar-refractivity contribution in [2.75, 3.05) is 12.3 Å². The van der Waals surface area contributed by atoms with Crippen molar-refractivity contribution in [3.8, 4) is 0 Å². The number of para-hydroxylation sites is 1. The number of hydrogen-bond acceptors (Lipinski definition) is 4. The first-order chi connectivity index (χ1) is 9.49. The van der Waals surface area contributed by atoms with E-state index in [4.69, 9.17) is 10.5 Å². The average molecular weight is 278 g/mol. The van der Waals surface area contributed by atoms with Gasteiger partial charge in [-0.25, -0.2) is 4.79 Å². The van der Waals surface area contributed by atoms with Crippen LogP contribution in [0, 0.1) is 6.92 Å². The minimum absolute atomic E-state index is 0.116. The minimum Gasteiger partial charge on any atom is -0.452 e. The zero-order valence-corrected chi connectivity index (χ0v) is 12.2. The second kappa shape index (κ2) is 7.53. The van der Waals surface area contributed by atoms with Gasteiger partial charge in [-0.2, -0.15) is 0 Å². The molecule has 0 spiro atoms. The van der Waals surface area contributed by atoms with E-state index < -0.39 is 5.97 Å². The number of carbonyl (C=O) groups excluding carboxylic acids is 2. The molecule has 5 nitrogen and oxygen atoms in total. The molecule has 110 valence electrons. The average Bonchev–Trinajstić information content (AvgIpc) is 2.45. The Morgan fingerprint density at radius 1 is 1.30 bits per heavy atom. The smallest absolute Gasteiger partial charge is 0.340 e. The first kappa shape index (κ1) is 16.0. The lowest BCUT2D eigenvalue weighted by molar-refractivity contribution is -0.125. The third-order valence-electron chi connectivity index (χ3n) is 3.23. The van der Waals surface area contributed by atoms with Crippen molar-refractivity contribution in [1.82, 2.24) is 5.32 Å². The number of rotatable bonds is 6. The number of ether oxygens (including phenoxy) is 1. The van der Waals surface area contributed by atoms with E-state index in [2.05, 4.69) is 5.32 Å². The SMILES string of the molecule is CCC(CC)NC(=O)COC(=O)c1cccc(C)c1N. The van der Waals surface area contributed by atoms with Crippen LogP contribution in [-0.2, 0) is 9.53 Å². The highest BCUT2D eigenvalue weighted by atomic mass is 16.5. The first-order valence-corrected chi connectivity index (χ1v) is 6.81.